The molecule has 0 rings (SSSR count). The van der Waals surface area contributed by atoms with Gasteiger partial charge in [0, 0.05) is 19.4 Å². The Morgan fingerprint density at radius 3 is 1.65 bits per heavy atom. The van der Waals surface area contributed by atoms with Gasteiger partial charge in [0.1, 0.15) is 12.7 Å². The smallest absolute Gasteiger partial charge is 0.463 e. The van der Waals surface area contributed by atoms with Crippen LogP contribution in [-0.4, -0.2) is 54.3 Å². The number of allylic oxidation sites excluding steroid dienone is 6. The number of amides is 1. The highest BCUT2D eigenvalue weighted by atomic mass is 31.2. The Morgan fingerprint density at radius 1 is 0.608 bits per heavy atom. The summed E-state index contributed by atoms with van der Waals surface area (Å²) in [5.41, 5.74) is 0. The van der Waals surface area contributed by atoms with Crippen molar-refractivity contribution in [2.24, 2.45) is 0 Å². The van der Waals surface area contributed by atoms with Crippen LogP contribution < -0.4 is 5.32 Å². The maximum absolute atomic E-state index is 12.1. The van der Waals surface area contributed by atoms with E-state index in [4.69, 9.17) is 13.8 Å². The van der Waals surface area contributed by atoms with Gasteiger partial charge in [0.05, 0.1) is 13.2 Å². The van der Waals surface area contributed by atoms with Crippen molar-refractivity contribution in [2.45, 2.75) is 187 Å². The number of aliphatic hydroxyl groups is 1. The molecule has 1 amide bonds. The molecular formula is C41H76NO8P. The molecule has 0 aromatic carbocycles. The third-order valence-corrected chi connectivity index (χ3v) is 9.53. The number of ether oxygens (including phenoxy) is 1. The number of nitrogens with one attached hydrogen (secondary N) is 1. The summed E-state index contributed by atoms with van der Waals surface area (Å²) >= 11 is 0. The molecule has 10 heteroatoms. The van der Waals surface area contributed by atoms with Gasteiger partial charge in [-0.25, -0.2) is 4.57 Å². The summed E-state index contributed by atoms with van der Waals surface area (Å²) in [5.74, 6) is -0.531. The molecule has 0 saturated heterocycles. The Balaban J connectivity index is 3.60. The molecule has 298 valence electrons. The second-order valence-corrected chi connectivity index (χ2v) is 15.1. The molecule has 0 fully saturated rings. The number of esters is 1. The Labute approximate surface area is 312 Å². The second kappa shape index (κ2) is 38.0. The maximum atomic E-state index is 12.1. The molecule has 0 spiro atoms. The van der Waals surface area contributed by atoms with Crippen LogP contribution in [0, 0.1) is 0 Å². The van der Waals surface area contributed by atoms with Gasteiger partial charge in [-0.3, -0.25) is 18.6 Å². The van der Waals surface area contributed by atoms with Crippen LogP contribution in [-0.2, 0) is 27.9 Å². The summed E-state index contributed by atoms with van der Waals surface area (Å²) in [4.78, 5) is 33.8. The lowest BCUT2D eigenvalue weighted by Crippen LogP contribution is -2.27. The normalized spacial score (nSPS) is 13.7. The van der Waals surface area contributed by atoms with Gasteiger partial charge in [-0.2, -0.15) is 0 Å². The third kappa shape index (κ3) is 39.3. The number of hydrogen-bond acceptors (Lipinski definition) is 7. The fourth-order valence-electron chi connectivity index (χ4n) is 5.39. The fourth-order valence-corrected chi connectivity index (χ4v) is 6.15. The second-order valence-electron chi connectivity index (χ2n) is 13.6. The van der Waals surface area contributed by atoms with Crippen LogP contribution in [0.1, 0.15) is 181 Å². The molecule has 0 aliphatic carbocycles. The minimum atomic E-state index is -4.41. The number of unbranched alkanes of at least 4 members (excludes halogenated alkanes) is 19. The molecule has 0 radical (unpaired) electrons. The molecular weight excluding hydrogens is 665 g/mol. The number of phosphoric ester groups is 1. The number of aliphatic hydroxyl groups excluding tert-OH is 1. The molecule has 0 aromatic heterocycles. The van der Waals surface area contributed by atoms with E-state index in [1.165, 1.54) is 83.5 Å². The Bertz CT molecular complexity index is 939. The molecule has 0 aliphatic heterocycles. The molecule has 0 bridgehead atoms. The zero-order chi connectivity index (χ0) is 37.5. The number of rotatable bonds is 38. The first-order chi connectivity index (χ1) is 24.8. The third-order valence-electron chi connectivity index (χ3n) is 8.54. The molecule has 0 saturated carbocycles. The predicted molar refractivity (Wildman–Crippen MR) is 211 cm³/mol. The molecule has 3 N–H and O–H groups in total. The van der Waals surface area contributed by atoms with Gasteiger partial charge in [0.15, 0.2) is 0 Å². The zero-order valence-electron chi connectivity index (χ0n) is 32.5. The first kappa shape index (κ1) is 49.2. The SMILES string of the molecule is CCCC/C=C\CCCCCCCC(=O)OCC(O)COP(=O)(O)OCCNC(=O)CCCCCCCCCCC/C=C\C/C=C\CCCCC. The summed E-state index contributed by atoms with van der Waals surface area (Å²) < 4.78 is 26.8. The summed E-state index contributed by atoms with van der Waals surface area (Å²) in [7, 11) is -4.41. The van der Waals surface area contributed by atoms with Crippen LogP contribution in [0.4, 0.5) is 0 Å². The van der Waals surface area contributed by atoms with Crippen molar-refractivity contribution in [1.29, 1.82) is 0 Å². The zero-order valence-corrected chi connectivity index (χ0v) is 33.4. The lowest BCUT2D eigenvalue weighted by atomic mass is 10.1. The Kier molecular flexibility index (Phi) is 36.7. The largest absolute Gasteiger partial charge is 0.472 e. The van der Waals surface area contributed by atoms with Gasteiger partial charge in [-0.15, -0.1) is 0 Å². The highest BCUT2D eigenvalue weighted by Crippen LogP contribution is 2.42. The molecule has 0 heterocycles. The monoisotopic (exact) mass is 742 g/mol. The average Bonchev–Trinajstić information content (AvgIpc) is 3.11. The first-order valence-electron chi connectivity index (χ1n) is 20.5. The fraction of sp³-hybridized carbons (Fsp3) is 0.805. The van der Waals surface area contributed by atoms with E-state index < -0.39 is 26.5 Å². The van der Waals surface area contributed by atoms with E-state index in [0.717, 1.165) is 70.6 Å². The average molecular weight is 742 g/mol. The van der Waals surface area contributed by atoms with E-state index in [-0.39, 0.29) is 32.1 Å². The molecule has 2 unspecified atom stereocenters. The van der Waals surface area contributed by atoms with Crippen molar-refractivity contribution < 1.29 is 37.9 Å². The van der Waals surface area contributed by atoms with Gasteiger partial charge >= 0.3 is 13.8 Å². The highest BCUT2D eigenvalue weighted by Gasteiger charge is 2.23. The Hall–Kier alpha value is -1.77. The van der Waals surface area contributed by atoms with Crippen molar-refractivity contribution >= 4 is 19.7 Å². The van der Waals surface area contributed by atoms with Gasteiger partial charge < -0.3 is 20.1 Å². The van der Waals surface area contributed by atoms with Crippen molar-refractivity contribution in [1.82, 2.24) is 5.32 Å². The highest BCUT2D eigenvalue weighted by molar-refractivity contribution is 7.47. The maximum Gasteiger partial charge on any atom is 0.472 e. The van der Waals surface area contributed by atoms with E-state index in [2.05, 4.69) is 55.6 Å². The van der Waals surface area contributed by atoms with Gasteiger partial charge in [-0.05, 0) is 64.2 Å². The van der Waals surface area contributed by atoms with E-state index in [1.807, 2.05) is 0 Å². The predicted octanol–water partition coefficient (Wildman–Crippen LogP) is 11.0. The van der Waals surface area contributed by atoms with Crippen molar-refractivity contribution in [3.63, 3.8) is 0 Å². The van der Waals surface area contributed by atoms with Gasteiger partial charge in [0.25, 0.3) is 0 Å². The number of carbonyl (C=O) groups is 2. The van der Waals surface area contributed by atoms with Crippen LogP contribution in [0.15, 0.2) is 36.5 Å². The number of carbonyl (C=O) groups excluding carboxylic acids is 2. The molecule has 0 aromatic rings. The van der Waals surface area contributed by atoms with E-state index in [9.17, 15) is 24.2 Å². The van der Waals surface area contributed by atoms with Gasteiger partial charge in [-0.1, -0.05) is 140 Å². The van der Waals surface area contributed by atoms with E-state index in [1.54, 1.807) is 0 Å². The van der Waals surface area contributed by atoms with Crippen molar-refractivity contribution in [3.8, 4) is 0 Å². The van der Waals surface area contributed by atoms with Gasteiger partial charge in [0.2, 0.25) is 5.91 Å². The Morgan fingerprint density at radius 2 is 1.08 bits per heavy atom. The van der Waals surface area contributed by atoms with Crippen LogP contribution in [0.25, 0.3) is 0 Å². The van der Waals surface area contributed by atoms with E-state index in [0.29, 0.717) is 6.42 Å². The minimum absolute atomic E-state index is 0.0783. The van der Waals surface area contributed by atoms with E-state index >= 15 is 0 Å². The standard InChI is InChI=1S/C41H76NO8P/c1-3-5-7-9-11-13-15-16-17-18-19-20-21-22-24-25-27-29-31-33-40(44)42-35-36-49-51(46,47)50-38-39(43)37-48-41(45)34-32-30-28-26-23-14-12-10-8-6-4-2/h10-13,16-17,39,43H,3-9,14-15,18-38H2,1-2H3,(H,42,44)(H,46,47)/b12-10-,13-11-,17-16-. The number of hydrogen-bond donors (Lipinski definition) is 3. The molecule has 51 heavy (non-hydrogen) atoms. The van der Waals surface area contributed by atoms with Crippen LogP contribution in [0.2, 0.25) is 0 Å². The molecule has 2 atom stereocenters. The molecule has 9 nitrogen and oxygen atoms in total. The van der Waals surface area contributed by atoms with Crippen molar-refractivity contribution in [3.05, 3.63) is 36.5 Å². The quantitative estimate of drug-likeness (QED) is 0.0247. The first-order valence-corrected chi connectivity index (χ1v) is 22.0. The van der Waals surface area contributed by atoms with Crippen LogP contribution >= 0.6 is 7.82 Å². The summed E-state index contributed by atoms with van der Waals surface area (Å²) in [5, 5.41) is 12.6. The molecule has 0 aliphatic rings. The summed E-state index contributed by atoms with van der Waals surface area (Å²) in [6.45, 7) is 3.47. The lowest BCUT2D eigenvalue weighted by molar-refractivity contribution is -0.147. The van der Waals surface area contributed by atoms with Crippen molar-refractivity contribution in [2.75, 3.05) is 26.4 Å². The summed E-state index contributed by atoms with van der Waals surface area (Å²) in [6.07, 6.45) is 40.7. The topological polar surface area (TPSA) is 131 Å². The van der Waals surface area contributed by atoms with Crippen LogP contribution in [0.3, 0.4) is 0 Å². The summed E-state index contributed by atoms with van der Waals surface area (Å²) in [6, 6.07) is 0. The minimum Gasteiger partial charge on any atom is -0.463 e. The lowest BCUT2D eigenvalue weighted by Gasteiger charge is -2.15. The van der Waals surface area contributed by atoms with Crippen LogP contribution in [0.5, 0.6) is 0 Å². The number of phosphoric acid groups is 1.